The number of aliphatic hydroxyl groups excluding tert-OH is 4. The third kappa shape index (κ3) is 2.91. The molecule has 1 saturated heterocycles. The van der Waals surface area contributed by atoms with Crippen molar-refractivity contribution in [3.63, 3.8) is 0 Å². The second-order valence-corrected chi connectivity index (χ2v) is 5.66. The Hall–Kier alpha value is -1.71. The molecule has 2 rings (SSSR count). The van der Waals surface area contributed by atoms with Gasteiger partial charge in [-0.15, -0.1) is 0 Å². The molecule has 128 valence electrons. The Kier molecular flexibility index (Phi) is 4.92. The number of hydrogen-bond donors (Lipinski definition) is 6. The lowest BCUT2D eigenvalue weighted by atomic mass is 9.88. The fraction of sp³-hybridized carbons (Fsp3) is 0.533. The maximum Gasteiger partial charge on any atom is 0.163 e. The normalized spacial score (nSPS) is 31.1. The molecular weight excluding hydrogens is 308 g/mol. The maximum atomic E-state index is 11.7. The minimum atomic E-state index is -1.67. The first-order valence-corrected chi connectivity index (χ1v) is 7.07. The summed E-state index contributed by atoms with van der Waals surface area (Å²) in [6.45, 7) is 2.11. The summed E-state index contributed by atoms with van der Waals surface area (Å²) >= 11 is 0. The van der Waals surface area contributed by atoms with Gasteiger partial charge in [-0.1, -0.05) is 0 Å². The van der Waals surface area contributed by atoms with Crippen molar-refractivity contribution in [2.75, 3.05) is 6.61 Å². The summed E-state index contributed by atoms with van der Waals surface area (Å²) in [6, 6.07) is 1.23. The number of ether oxygens (including phenoxy) is 1. The quantitative estimate of drug-likeness (QED) is 0.392. The molecule has 8 heteroatoms. The fourth-order valence-corrected chi connectivity index (χ4v) is 2.86. The van der Waals surface area contributed by atoms with Crippen molar-refractivity contribution in [2.24, 2.45) is 0 Å². The van der Waals surface area contributed by atoms with E-state index in [2.05, 4.69) is 0 Å². The lowest BCUT2D eigenvalue weighted by Gasteiger charge is -2.40. The van der Waals surface area contributed by atoms with Crippen molar-refractivity contribution in [1.29, 1.82) is 0 Å². The van der Waals surface area contributed by atoms with Crippen LogP contribution < -0.4 is 0 Å². The number of aliphatic hydroxyl groups is 4. The van der Waals surface area contributed by atoms with E-state index < -0.39 is 54.4 Å². The van der Waals surface area contributed by atoms with E-state index in [1.54, 1.807) is 0 Å². The molecule has 5 atom stereocenters. The Morgan fingerprint density at radius 1 is 1.17 bits per heavy atom. The molecule has 0 saturated carbocycles. The number of benzene rings is 1. The van der Waals surface area contributed by atoms with Crippen LogP contribution in [0.15, 0.2) is 6.07 Å². The zero-order valence-corrected chi connectivity index (χ0v) is 12.7. The number of carbonyl (C=O) groups is 1. The van der Waals surface area contributed by atoms with Gasteiger partial charge in [0, 0.05) is 0 Å². The highest BCUT2D eigenvalue weighted by Crippen LogP contribution is 2.43. The van der Waals surface area contributed by atoms with E-state index in [1.165, 1.54) is 19.9 Å². The number of rotatable bonds is 3. The van der Waals surface area contributed by atoms with Crippen LogP contribution in [-0.2, 0) is 4.74 Å². The molecule has 0 unspecified atom stereocenters. The van der Waals surface area contributed by atoms with Crippen LogP contribution in [0.5, 0.6) is 11.5 Å². The van der Waals surface area contributed by atoms with Crippen molar-refractivity contribution in [1.82, 2.24) is 0 Å². The van der Waals surface area contributed by atoms with E-state index in [4.69, 9.17) is 4.74 Å². The summed E-state index contributed by atoms with van der Waals surface area (Å²) < 4.78 is 5.31. The predicted molar refractivity (Wildman–Crippen MR) is 77.2 cm³/mol. The molecular formula is C15H20O8. The highest BCUT2D eigenvalue weighted by molar-refractivity contribution is 5.99. The second-order valence-electron chi connectivity index (χ2n) is 5.66. The van der Waals surface area contributed by atoms with Gasteiger partial charge in [0.2, 0.25) is 0 Å². The number of phenols is 2. The summed E-state index contributed by atoms with van der Waals surface area (Å²) in [4.78, 5) is 11.7. The molecule has 1 aliphatic heterocycles. The molecule has 23 heavy (non-hydrogen) atoms. The van der Waals surface area contributed by atoms with Gasteiger partial charge in [-0.05, 0) is 25.5 Å². The summed E-state index contributed by atoms with van der Waals surface area (Å²) in [6.07, 6.45) is -7.52. The Balaban J connectivity index is 2.56. The van der Waals surface area contributed by atoms with Crippen LogP contribution in [-0.4, -0.2) is 67.4 Å². The summed E-state index contributed by atoms with van der Waals surface area (Å²) in [5, 5.41) is 59.3. The van der Waals surface area contributed by atoms with Crippen LogP contribution in [0.1, 0.15) is 34.5 Å². The molecule has 6 N–H and O–H groups in total. The Morgan fingerprint density at radius 2 is 1.78 bits per heavy atom. The zero-order chi connectivity index (χ0) is 17.5. The van der Waals surface area contributed by atoms with Gasteiger partial charge in [-0.25, -0.2) is 0 Å². The second kappa shape index (κ2) is 6.42. The number of phenolic OH excluding ortho intramolecular Hbond substituents is 2. The third-order valence-electron chi connectivity index (χ3n) is 4.04. The maximum absolute atomic E-state index is 11.7. The topological polar surface area (TPSA) is 148 Å². The lowest BCUT2D eigenvalue weighted by Crippen LogP contribution is -2.55. The molecule has 8 nitrogen and oxygen atoms in total. The molecule has 1 aliphatic rings. The third-order valence-corrected chi connectivity index (χ3v) is 4.04. The van der Waals surface area contributed by atoms with Gasteiger partial charge in [-0.3, -0.25) is 4.79 Å². The molecule has 0 radical (unpaired) electrons. The lowest BCUT2D eigenvalue weighted by molar-refractivity contribution is -0.232. The Morgan fingerprint density at radius 3 is 2.30 bits per heavy atom. The average Bonchev–Trinajstić information content (AvgIpc) is 2.46. The molecule has 0 amide bonds. The van der Waals surface area contributed by atoms with Crippen LogP contribution in [0.25, 0.3) is 0 Å². The van der Waals surface area contributed by atoms with Crippen molar-refractivity contribution < 1.29 is 40.2 Å². The number of carbonyl (C=O) groups excluding carboxylic acids is 1. The minimum absolute atomic E-state index is 0.0465. The number of aromatic hydroxyl groups is 2. The molecule has 1 aromatic rings. The van der Waals surface area contributed by atoms with Gasteiger partial charge in [0.15, 0.2) is 5.78 Å². The zero-order valence-electron chi connectivity index (χ0n) is 12.7. The molecule has 1 heterocycles. The minimum Gasteiger partial charge on any atom is -0.507 e. The van der Waals surface area contributed by atoms with E-state index in [-0.39, 0.29) is 11.1 Å². The van der Waals surface area contributed by atoms with Crippen LogP contribution in [0.2, 0.25) is 0 Å². The first-order chi connectivity index (χ1) is 10.7. The van der Waals surface area contributed by atoms with Crippen LogP contribution in [0, 0.1) is 6.92 Å². The van der Waals surface area contributed by atoms with Crippen LogP contribution in [0.3, 0.4) is 0 Å². The predicted octanol–water partition coefficient (Wildman–Crippen LogP) is -0.876. The van der Waals surface area contributed by atoms with E-state index in [1.807, 2.05) is 0 Å². The number of aryl methyl sites for hydroxylation is 1. The first-order valence-electron chi connectivity index (χ1n) is 7.07. The number of hydrogen-bond acceptors (Lipinski definition) is 8. The van der Waals surface area contributed by atoms with Crippen molar-refractivity contribution in [3.05, 3.63) is 22.8 Å². The Bertz CT molecular complexity index is 612. The molecule has 0 aliphatic carbocycles. The average molecular weight is 328 g/mol. The van der Waals surface area contributed by atoms with E-state index in [9.17, 15) is 35.4 Å². The van der Waals surface area contributed by atoms with Crippen molar-refractivity contribution in [3.8, 4) is 11.5 Å². The van der Waals surface area contributed by atoms with Gasteiger partial charge in [0.05, 0.1) is 17.7 Å². The largest absolute Gasteiger partial charge is 0.507 e. The number of ketones is 1. The van der Waals surface area contributed by atoms with Crippen LogP contribution in [0.4, 0.5) is 0 Å². The summed E-state index contributed by atoms with van der Waals surface area (Å²) in [5.74, 6) is -1.46. The fourth-order valence-electron chi connectivity index (χ4n) is 2.86. The molecule has 1 fully saturated rings. The highest BCUT2D eigenvalue weighted by Gasteiger charge is 2.46. The molecule has 0 spiro atoms. The van der Waals surface area contributed by atoms with E-state index in [0.29, 0.717) is 5.56 Å². The first kappa shape index (κ1) is 17.6. The standard InChI is InChI=1S/C15H20O8/c1-5-3-7(18)10(12(20)9(5)6(2)17)15-14(22)13(21)11(19)8(4-16)23-15/h3,8,11,13-16,18-22H,4H2,1-2H3/t8-,11-,13+,14+,15-/m1/s1. The van der Waals surface area contributed by atoms with Crippen molar-refractivity contribution in [2.45, 2.75) is 44.4 Å². The molecule has 1 aromatic carbocycles. The monoisotopic (exact) mass is 328 g/mol. The van der Waals surface area contributed by atoms with Gasteiger partial charge in [0.1, 0.15) is 42.0 Å². The Labute approximate surface area is 132 Å². The van der Waals surface area contributed by atoms with Gasteiger partial charge < -0.3 is 35.4 Å². The molecule has 0 bridgehead atoms. The van der Waals surface area contributed by atoms with E-state index >= 15 is 0 Å². The number of Topliss-reactive ketones (excluding diaryl/α,β-unsaturated/α-hetero) is 1. The van der Waals surface area contributed by atoms with Crippen molar-refractivity contribution >= 4 is 5.78 Å². The SMILES string of the molecule is CC(=O)c1c(C)cc(O)c([C@H]2O[C@H](CO)[C@@H](O)[C@H](O)[C@@H]2O)c1O. The smallest absolute Gasteiger partial charge is 0.163 e. The molecule has 0 aromatic heterocycles. The summed E-state index contributed by atoms with van der Waals surface area (Å²) in [5.41, 5.74) is 0.00769. The highest BCUT2D eigenvalue weighted by atomic mass is 16.5. The van der Waals surface area contributed by atoms with E-state index in [0.717, 1.165) is 0 Å². The summed E-state index contributed by atoms with van der Waals surface area (Å²) in [7, 11) is 0. The van der Waals surface area contributed by atoms with Gasteiger partial charge in [-0.2, -0.15) is 0 Å². The van der Waals surface area contributed by atoms with Gasteiger partial charge in [0.25, 0.3) is 0 Å². The van der Waals surface area contributed by atoms with Gasteiger partial charge >= 0.3 is 0 Å². The van der Waals surface area contributed by atoms with Crippen LogP contribution >= 0.6 is 0 Å².